The molecule has 1 fully saturated rings. The summed E-state index contributed by atoms with van der Waals surface area (Å²) >= 11 is 1.77. The molecule has 1 aromatic heterocycles. The smallest absolute Gasteiger partial charge is 0.0723 e. The molecule has 0 spiro atoms. The molecule has 0 amide bonds. The first-order valence-corrected chi connectivity index (χ1v) is 8.05. The van der Waals surface area contributed by atoms with Crippen LogP contribution < -0.4 is 0 Å². The van der Waals surface area contributed by atoms with Crippen molar-refractivity contribution in [2.24, 2.45) is 0 Å². The molecule has 1 heterocycles. The van der Waals surface area contributed by atoms with E-state index in [-0.39, 0.29) is 11.4 Å². The van der Waals surface area contributed by atoms with Gasteiger partial charge < -0.3 is 5.11 Å². The summed E-state index contributed by atoms with van der Waals surface area (Å²) in [4.78, 5) is 0. The van der Waals surface area contributed by atoms with E-state index in [4.69, 9.17) is 0 Å². The van der Waals surface area contributed by atoms with Crippen molar-refractivity contribution in [1.82, 2.24) is 9.78 Å². The summed E-state index contributed by atoms with van der Waals surface area (Å²) in [5.74, 6) is 0.895. The molecule has 0 aliphatic heterocycles. The second kappa shape index (κ2) is 6.62. The SMILES string of the molecule is CC(O)C(C)SCc1ccn(C2CCCCC2)n1. The minimum absolute atomic E-state index is 0.254. The van der Waals surface area contributed by atoms with Gasteiger partial charge in [-0.05, 0) is 25.8 Å². The number of nitrogens with zero attached hydrogens (tertiary/aromatic N) is 2. The Hall–Kier alpha value is -0.480. The zero-order chi connectivity index (χ0) is 13.0. The summed E-state index contributed by atoms with van der Waals surface area (Å²) < 4.78 is 2.15. The summed E-state index contributed by atoms with van der Waals surface area (Å²) in [6.07, 6.45) is 8.49. The quantitative estimate of drug-likeness (QED) is 0.889. The van der Waals surface area contributed by atoms with E-state index >= 15 is 0 Å². The zero-order valence-corrected chi connectivity index (χ0v) is 12.2. The molecule has 2 unspecified atom stereocenters. The van der Waals surface area contributed by atoms with Crippen LogP contribution in [0.1, 0.15) is 57.7 Å². The van der Waals surface area contributed by atoms with Crippen LogP contribution in [0.15, 0.2) is 12.3 Å². The maximum absolute atomic E-state index is 9.46. The first-order chi connectivity index (χ1) is 8.66. The molecule has 4 heteroatoms. The van der Waals surface area contributed by atoms with Crippen molar-refractivity contribution < 1.29 is 5.11 Å². The van der Waals surface area contributed by atoms with Gasteiger partial charge >= 0.3 is 0 Å². The van der Waals surface area contributed by atoms with Crippen LogP contribution in [0.4, 0.5) is 0 Å². The highest BCUT2D eigenvalue weighted by molar-refractivity contribution is 7.99. The third-order valence-corrected chi connectivity index (χ3v) is 5.17. The fourth-order valence-electron chi connectivity index (χ4n) is 2.36. The minimum atomic E-state index is -0.254. The van der Waals surface area contributed by atoms with Crippen LogP contribution in [0.3, 0.4) is 0 Å². The van der Waals surface area contributed by atoms with Crippen LogP contribution in [-0.4, -0.2) is 26.2 Å². The third kappa shape index (κ3) is 3.75. The van der Waals surface area contributed by atoms with Crippen molar-refractivity contribution in [3.63, 3.8) is 0 Å². The zero-order valence-electron chi connectivity index (χ0n) is 11.4. The fraction of sp³-hybridized carbons (Fsp3) is 0.786. The number of rotatable bonds is 5. The lowest BCUT2D eigenvalue weighted by Crippen LogP contribution is -2.15. The molecule has 1 N–H and O–H groups in total. The molecule has 1 saturated carbocycles. The average molecular weight is 268 g/mol. The molecule has 1 aliphatic rings. The third-order valence-electron chi connectivity index (χ3n) is 3.79. The number of aromatic nitrogens is 2. The largest absolute Gasteiger partial charge is 0.392 e. The lowest BCUT2D eigenvalue weighted by molar-refractivity contribution is 0.196. The van der Waals surface area contributed by atoms with Crippen LogP contribution in [0.25, 0.3) is 0 Å². The molecule has 1 aliphatic carbocycles. The van der Waals surface area contributed by atoms with Crippen LogP contribution in [-0.2, 0) is 5.75 Å². The van der Waals surface area contributed by atoms with E-state index in [1.807, 2.05) is 6.92 Å². The molecule has 3 nitrogen and oxygen atoms in total. The minimum Gasteiger partial charge on any atom is -0.392 e. The van der Waals surface area contributed by atoms with Gasteiger partial charge in [0.05, 0.1) is 17.8 Å². The van der Waals surface area contributed by atoms with E-state index in [0.717, 1.165) is 11.4 Å². The van der Waals surface area contributed by atoms with E-state index < -0.39 is 0 Å². The number of hydrogen-bond acceptors (Lipinski definition) is 3. The molecule has 0 aromatic carbocycles. The summed E-state index contributed by atoms with van der Waals surface area (Å²) in [5.41, 5.74) is 1.14. The van der Waals surface area contributed by atoms with Crippen molar-refractivity contribution in [2.75, 3.05) is 0 Å². The molecular formula is C14H24N2OS. The Bertz CT molecular complexity index is 358. The normalized spacial score (nSPS) is 20.8. The molecule has 0 saturated heterocycles. The Morgan fingerprint density at radius 1 is 1.39 bits per heavy atom. The van der Waals surface area contributed by atoms with E-state index in [2.05, 4.69) is 29.0 Å². The van der Waals surface area contributed by atoms with Crippen LogP contribution in [0.5, 0.6) is 0 Å². The van der Waals surface area contributed by atoms with E-state index in [1.54, 1.807) is 11.8 Å². The van der Waals surface area contributed by atoms with Gasteiger partial charge in [0.1, 0.15) is 0 Å². The predicted molar refractivity (Wildman–Crippen MR) is 76.8 cm³/mol. The van der Waals surface area contributed by atoms with Gasteiger partial charge in [-0.15, -0.1) is 11.8 Å². The Morgan fingerprint density at radius 3 is 2.78 bits per heavy atom. The molecule has 0 bridgehead atoms. The first-order valence-electron chi connectivity index (χ1n) is 7.00. The van der Waals surface area contributed by atoms with Crippen molar-refractivity contribution in [1.29, 1.82) is 0 Å². The lowest BCUT2D eigenvalue weighted by atomic mass is 9.96. The maximum Gasteiger partial charge on any atom is 0.0723 e. The molecule has 102 valence electrons. The van der Waals surface area contributed by atoms with Gasteiger partial charge in [0, 0.05) is 17.2 Å². The second-order valence-electron chi connectivity index (χ2n) is 5.34. The average Bonchev–Trinajstić information content (AvgIpc) is 2.85. The van der Waals surface area contributed by atoms with Gasteiger partial charge in [-0.25, -0.2) is 0 Å². The molecule has 1 aromatic rings. The van der Waals surface area contributed by atoms with Crippen LogP contribution in [0.2, 0.25) is 0 Å². The van der Waals surface area contributed by atoms with E-state index in [1.165, 1.54) is 32.1 Å². The van der Waals surface area contributed by atoms with E-state index in [9.17, 15) is 5.11 Å². The number of thioether (sulfide) groups is 1. The Morgan fingerprint density at radius 2 is 2.11 bits per heavy atom. The number of aliphatic hydroxyl groups is 1. The summed E-state index contributed by atoms with van der Waals surface area (Å²) in [6.45, 7) is 3.91. The Kier molecular flexibility index (Phi) is 5.13. The van der Waals surface area contributed by atoms with Crippen LogP contribution >= 0.6 is 11.8 Å². The number of aliphatic hydroxyl groups excluding tert-OH is 1. The predicted octanol–water partition coefficient (Wildman–Crippen LogP) is 3.39. The highest BCUT2D eigenvalue weighted by atomic mass is 32.2. The van der Waals surface area contributed by atoms with Gasteiger partial charge in [0.25, 0.3) is 0 Å². The van der Waals surface area contributed by atoms with Gasteiger partial charge in [-0.3, -0.25) is 4.68 Å². The maximum atomic E-state index is 9.46. The van der Waals surface area contributed by atoms with Gasteiger partial charge in [0.2, 0.25) is 0 Å². The number of hydrogen-bond donors (Lipinski definition) is 1. The fourth-order valence-corrected chi connectivity index (χ4v) is 3.23. The Balaban J connectivity index is 1.85. The van der Waals surface area contributed by atoms with Gasteiger partial charge in [-0.1, -0.05) is 26.2 Å². The van der Waals surface area contributed by atoms with Crippen LogP contribution in [0, 0.1) is 0 Å². The molecule has 2 rings (SSSR count). The van der Waals surface area contributed by atoms with Crippen molar-refractivity contribution in [3.8, 4) is 0 Å². The van der Waals surface area contributed by atoms with Crippen molar-refractivity contribution in [3.05, 3.63) is 18.0 Å². The van der Waals surface area contributed by atoms with Gasteiger partial charge in [0.15, 0.2) is 0 Å². The molecule has 2 atom stereocenters. The summed E-state index contributed by atoms with van der Waals surface area (Å²) in [6, 6.07) is 2.74. The topological polar surface area (TPSA) is 38.0 Å². The molecular weight excluding hydrogens is 244 g/mol. The first kappa shape index (κ1) is 13.9. The summed E-state index contributed by atoms with van der Waals surface area (Å²) in [7, 11) is 0. The molecule has 18 heavy (non-hydrogen) atoms. The highest BCUT2D eigenvalue weighted by Gasteiger charge is 2.16. The lowest BCUT2D eigenvalue weighted by Gasteiger charge is -2.21. The van der Waals surface area contributed by atoms with Crippen molar-refractivity contribution >= 4 is 11.8 Å². The van der Waals surface area contributed by atoms with Gasteiger partial charge in [-0.2, -0.15) is 5.10 Å². The van der Waals surface area contributed by atoms with E-state index in [0.29, 0.717) is 6.04 Å². The van der Waals surface area contributed by atoms with Crippen molar-refractivity contribution in [2.45, 2.75) is 69.1 Å². The monoisotopic (exact) mass is 268 g/mol. The molecule has 0 radical (unpaired) electrons. The summed E-state index contributed by atoms with van der Waals surface area (Å²) in [5, 5.41) is 14.4. The Labute approximate surface area is 114 Å². The highest BCUT2D eigenvalue weighted by Crippen LogP contribution is 2.28. The second-order valence-corrected chi connectivity index (χ2v) is 6.70. The standard InChI is InChI=1S/C14H24N2OS/c1-11(17)12(2)18-10-13-8-9-16(15-13)14-6-4-3-5-7-14/h8-9,11-12,14,17H,3-7,10H2,1-2H3.